The van der Waals surface area contributed by atoms with Crippen LogP contribution in [0.25, 0.3) is 0 Å². The molecule has 2 heterocycles. The van der Waals surface area contributed by atoms with Gasteiger partial charge in [-0.05, 0) is 56.5 Å². The number of pyridine rings is 1. The van der Waals surface area contributed by atoms with E-state index in [0.29, 0.717) is 6.04 Å². The van der Waals surface area contributed by atoms with Crippen LogP contribution in [0.1, 0.15) is 36.5 Å². The standard InChI is InChI=1S/C20H26N2O/c1-22(13-6-9-17-7-3-2-4-8-17)19-11-14-23-20(15-19)18-10-5-12-21-16-18/h2-5,7-8,10,12,16,19-20H,6,9,11,13-15H2,1H3. The summed E-state index contributed by atoms with van der Waals surface area (Å²) in [5.74, 6) is 0. The molecule has 0 saturated carbocycles. The smallest absolute Gasteiger partial charge is 0.0854 e. The topological polar surface area (TPSA) is 25.4 Å². The van der Waals surface area contributed by atoms with Gasteiger partial charge in [0, 0.05) is 25.0 Å². The van der Waals surface area contributed by atoms with Crippen LogP contribution < -0.4 is 0 Å². The van der Waals surface area contributed by atoms with Crippen molar-refractivity contribution in [1.82, 2.24) is 9.88 Å². The van der Waals surface area contributed by atoms with Gasteiger partial charge in [0.25, 0.3) is 0 Å². The maximum atomic E-state index is 5.95. The van der Waals surface area contributed by atoms with E-state index >= 15 is 0 Å². The molecule has 1 fully saturated rings. The molecule has 2 aromatic rings. The number of hydrogen-bond acceptors (Lipinski definition) is 3. The van der Waals surface area contributed by atoms with Gasteiger partial charge in [0.05, 0.1) is 6.10 Å². The molecule has 3 rings (SSSR count). The second-order valence-electron chi connectivity index (χ2n) is 6.39. The third-order valence-electron chi connectivity index (χ3n) is 4.75. The Hall–Kier alpha value is -1.71. The monoisotopic (exact) mass is 310 g/mol. The summed E-state index contributed by atoms with van der Waals surface area (Å²) in [6, 6.07) is 15.5. The van der Waals surface area contributed by atoms with Crippen molar-refractivity contribution in [3.8, 4) is 0 Å². The zero-order valence-electron chi connectivity index (χ0n) is 13.9. The van der Waals surface area contributed by atoms with Gasteiger partial charge in [0.2, 0.25) is 0 Å². The fourth-order valence-electron chi connectivity index (χ4n) is 3.34. The first kappa shape index (κ1) is 16.2. The van der Waals surface area contributed by atoms with Gasteiger partial charge in [-0.25, -0.2) is 0 Å². The minimum Gasteiger partial charge on any atom is -0.373 e. The summed E-state index contributed by atoms with van der Waals surface area (Å²) in [5.41, 5.74) is 2.64. The minimum absolute atomic E-state index is 0.194. The van der Waals surface area contributed by atoms with Crippen molar-refractivity contribution >= 4 is 0 Å². The molecule has 1 aliphatic heterocycles. The quantitative estimate of drug-likeness (QED) is 0.810. The first-order valence-corrected chi connectivity index (χ1v) is 8.58. The van der Waals surface area contributed by atoms with Crippen molar-refractivity contribution in [2.45, 2.75) is 37.8 Å². The number of benzene rings is 1. The van der Waals surface area contributed by atoms with Crippen LogP contribution in [-0.4, -0.2) is 36.1 Å². The van der Waals surface area contributed by atoms with Gasteiger partial charge in [-0.2, -0.15) is 0 Å². The fraction of sp³-hybridized carbons (Fsp3) is 0.450. The van der Waals surface area contributed by atoms with Crippen LogP contribution in [0.2, 0.25) is 0 Å². The van der Waals surface area contributed by atoms with Crippen molar-refractivity contribution in [3.05, 3.63) is 66.0 Å². The van der Waals surface area contributed by atoms with E-state index in [4.69, 9.17) is 4.74 Å². The molecule has 0 aliphatic carbocycles. The molecule has 2 atom stereocenters. The molecule has 122 valence electrons. The van der Waals surface area contributed by atoms with Gasteiger partial charge in [-0.3, -0.25) is 4.98 Å². The summed E-state index contributed by atoms with van der Waals surface area (Å²) < 4.78 is 5.95. The Morgan fingerprint density at radius 1 is 1.17 bits per heavy atom. The van der Waals surface area contributed by atoms with E-state index in [1.807, 2.05) is 18.5 Å². The van der Waals surface area contributed by atoms with Crippen LogP contribution in [0.3, 0.4) is 0 Å². The lowest BCUT2D eigenvalue weighted by Crippen LogP contribution is -2.38. The predicted molar refractivity (Wildman–Crippen MR) is 93.3 cm³/mol. The van der Waals surface area contributed by atoms with Crippen molar-refractivity contribution in [2.75, 3.05) is 20.2 Å². The SMILES string of the molecule is CN(CCCc1ccccc1)C1CCOC(c2cccnc2)C1. The lowest BCUT2D eigenvalue weighted by atomic mass is 9.97. The summed E-state index contributed by atoms with van der Waals surface area (Å²) in [7, 11) is 2.25. The maximum absolute atomic E-state index is 5.95. The number of rotatable bonds is 6. The van der Waals surface area contributed by atoms with Crippen molar-refractivity contribution in [1.29, 1.82) is 0 Å². The molecule has 0 radical (unpaired) electrons. The van der Waals surface area contributed by atoms with Gasteiger partial charge in [0.1, 0.15) is 0 Å². The van der Waals surface area contributed by atoms with E-state index in [0.717, 1.165) is 32.4 Å². The van der Waals surface area contributed by atoms with Crippen molar-refractivity contribution in [3.63, 3.8) is 0 Å². The summed E-state index contributed by atoms with van der Waals surface area (Å²) in [5, 5.41) is 0. The van der Waals surface area contributed by atoms with Crippen LogP contribution in [0, 0.1) is 0 Å². The average molecular weight is 310 g/mol. The molecule has 0 N–H and O–H groups in total. The molecular weight excluding hydrogens is 284 g/mol. The summed E-state index contributed by atoms with van der Waals surface area (Å²) in [4.78, 5) is 6.73. The summed E-state index contributed by atoms with van der Waals surface area (Å²) in [6.07, 6.45) is 8.49. The Bertz CT molecular complexity index is 573. The highest BCUT2D eigenvalue weighted by Crippen LogP contribution is 2.29. The van der Waals surface area contributed by atoms with Crippen LogP contribution in [0.5, 0.6) is 0 Å². The number of ether oxygens (including phenoxy) is 1. The van der Waals surface area contributed by atoms with E-state index in [-0.39, 0.29) is 6.10 Å². The predicted octanol–water partition coefficient (Wildman–Crippen LogP) is 3.87. The number of nitrogens with zero attached hydrogens (tertiary/aromatic N) is 2. The van der Waals surface area contributed by atoms with E-state index < -0.39 is 0 Å². The molecule has 3 heteroatoms. The van der Waals surface area contributed by atoms with Crippen LogP contribution >= 0.6 is 0 Å². The van der Waals surface area contributed by atoms with Gasteiger partial charge >= 0.3 is 0 Å². The second-order valence-corrected chi connectivity index (χ2v) is 6.39. The average Bonchev–Trinajstić information content (AvgIpc) is 2.63. The Labute approximate surface area is 139 Å². The third-order valence-corrected chi connectivity index (χ3v) is 4.75. The zero-order chi connectivity index (χ0) is 15.9. The molecule has 1 aromatic heterocycles. The Kier molecular flexibility index (Phi) is 5.78. The molecule has 0 bridgehead atoms. The highest BCUT2D eigenvalue weighted by Gasteiger charge is 2.26. The molecule has 2 unspecified atom stereocenters. The molecule has 23 heavy (non-hydrogen) atoms. The van der Waals surface area contributed by atoms with E-state index in [2.05, 4.69) is 53.3 Å². The maximum Gasteiger partial charge on any atom is 0.0854 e. The van der Waals surface area contributed by atoms with E-state index in [9.17, 15) is 0 Å². The zero-order valence-corrected chi connectivity index (χ0v) is 13.9. The minimum atomic E-state index is 0.194. The van der Waals surface area contributed by atoms with E-state index in [1.54, 1.807) is 0 Å². The summed E-state index contributed by atoms with van der Waals surface area (Å²) >= 11 is 0. The highest BCUT2D eigenvalue weighted by atomic mass is 16.5. The second kappa shape index (κ2) is 8.23. The fourth-order valence-corrected chi connectivity index (χ4v) is 3.34. The van der Waals surface area contributed by atoms with Gasteiger partial charge < -0.3 is 9.64 Å². The molecule has 0 spiro atoms. The number of hydrogen-bond donors (Lipinski definition) is 0. The van der Waals surface area contributed by atoms with Crippen molar-refractivity contribution < 1.29 is 4.74 Å². The molecule has 1 aliphatic rings. The Morgan fingerprint density at radius 2 is 2.04 bits per heavy atom. The molecule has 0 amide bonds. The van der Waals surface area contributed by atoms with Crippen LogP contribution in [0.15, 0.2) is 54.9 Å². The van der Waals surface area contributed by atoms with Gasteiger partial charge in [-0.15, -0.1) is 0 Å². The number of aryl methyl sites for hydroxylation is 1. The first-order chi connectivity index (χ1) is 11.3. The normalized spacial score (nSPS) is 21.5. The van der Waals surface area contributed by atoms with Gasteiger partial charge in [-0.1, -0.05) is 36.4 Å². The van der Waals surface area contributed by atoms with E-state index in [1.165, 1.54) is 17.5 Å². The Balaban J connectivity index is 1.48. The first-order valence-electron chi connectivity index (χ1n) is 8.58. The summed E-state index contributed by atoms with van der Waals surface area (Å²) in [6.45, 7) is 1.98. The van der Waals surface area contributed by atoms with Gasteiger partial charge in [0.15, 0.2) is 0 Å². The highest BCUT2D eigenvalue weighted by molar-refractivity contribution is 5.15. The lowest BCUT2D eigenvalue weighted by molar-refractivity contribution is -0.0236. The molecule has 1 saturated heterocycles. The number of aromatic nitrogens is 1. The molecular formula is C20H26N2O. The van der Waals surface area contributed by atoms with Crippen LogP contribution in [-0.2, 0) is 11.2 Å². The molecule has 1 aromatic carbocycles. The molecule has 3 nitrogen and oxygen atoms in total. The van der Waals surface area contributed by atoms with Crippen LogP contribution in [0.4, 0.5) is 0 Å². The van der Waals surface area contributed by atoms with Crippen molar-refractivity contribution in [2.24, 2.45) is 0 Å². The largest absolute Gasteiger partial charge is 0.373 e. The lowest BCUT2D eigenvalue weighted by Gasteiger charge is -2.35. The third kappa shape index (κ3) is 4.63. The Morgan fingerprint density at radius 3 is 2.83 bits per heavy atom.